The van der Waals surface area contributed by atoms with Crippen molar-refractivity contribution in [3.05, 3.63) is 54.5 Å². The van der Waals surface area contributed by atoms with Crippen molar-refractivity contribution in [3.63, 3.8) is 0 Å². The highest BCUT2D eigenvalue weighted by atomic mass is 19.1. The first-order chi connectivity index (χ1) is 11.2. The fourth-order valence-corrected chi connectivity index (χ4v) is 2.67. The number of hydrogen-bond acceptors (Lipinski definition) is 4. The van der Waals surface area contributed by atoms with Crippen LogP contribution in [0.1, 0.15) is 0 Å². The number of imidazole rings is 1. The van der Waals surface area contributed by atoms with Gasteiger partial charge < -0.3 is 9.84 Å². The zero-order valence-electron chi connectivity index (χ0n) is 12.2. The van der Waals surface area contributed by atoms with Gasteiger partial charge in [-0.15, -0.1) is 0 Å². The number of methoxy groups -OCH3 is 1. The van der Waals surface area contributed by atoms with Gasteiger partial charge in [-0.25, -0.2) is 9.37 Å². The second-order valence-corrected chi connectivity index (χ2v) is 5.05. The van der Waals surface area contributed by atoms with E-state index < -0.39 is 5.82 Å². The van der Waals surface area contributed by atoms with E-state index in [0.717, 1.165) is 0 Å². The fraction of sp³-hybridized carbons (Fsp3) is 0.0588. The Morgan fingerprint density at radius 2 is 1.96 bits per heavy atom. The zero-order valence-corrected chi connectivity index (χ0v) is 12.2. The number of aromatic hydroxyl groups is 1. The lowest BCUT2D eigenvalue weighted by atomic mass is 10.1. The molecule has 1 N–H and O–H groups in total. The third-order valence-electron chi connectivity index (χ3n) is 3.76. The highest BCUT2D eigenvalue weighted by molar-refractivity contribution is 5.81. The maximum atomic E-state index is 14.5. The average molecular weight is 309 g/mol. The van der Waals surface area contributed by atoms with Gasteiger partial charge in [-0.1, -0.05) is 18.2 Å². The van der Waals surface area contributed by atoms with Crippen LogP contribution in [0.5, 0.6) is 11.6 Å². The van der Waals surface area contributed by atoms with E-state index in [2.05, 4.69) is 9.97 Å². The number of halogens is 1. The molecule has 0 saturated heterocycles. The average Bonchev–Trinajstić information content (AvgIpc) is 2.92. The molecule has 5 nitrogen and oxygen atoms in total. The van der Waals surface area contributed by atoms with Crippen LogP contribution in [0.25, 0.3) is 27.9 Å². The molecule has 0 aliphatic carbocycles. The lowest BCUT2D eigenvalue weighted by molar-refractivity contribution is 0.387. The molecule has 0 bridgehead atoms. The molecule has 6 heteroatoms. The monoisotopic (exact) mass is 309 g/mol. The van der Waals surface area contributed by atoms with Gasteiger partial charge in [0, 0.05) is 5.56 Å². The molecule has 114 valence electrons. The normalized spacial score (nSPS) is 11.2. The Labute approximate surface area is 130 Å². The van der Waals surface area contributed by atoms with E-state index in [9.17, 15) is 9.50 Å². The Balaban J connectivity index is 2.06. The Hall–Kier alpha value is -3.15. The minimum Gasteiger partial charge on any atom is -0.494 e. The third kappa shape index (κ3) is 1.92. The topological polar surface area (TPSA) is 59.7 Å². The van der Waals surface area contributed by atoms with Gasteiger partial charge in [-0.05, 0) is 24.3 Å². The summed E-state index contributed by atoms with van der Waals surface area (Å²) in [5.74, 6) is -0.598. The summed E-state index contributed by atoms with van der Waals surface area (Å²) in [6, 6.07) is 12.1. The zero-order chi connectivity index (χ0) is 16.0. The predicted octanol–water partition coefficient (Wildman–Crippen LogP) is 3.40. The van der Waals surface area contributed by atoms with Crippen molar-refractivity contribution in [1.29, 1.82) is 0 Å². The molecule has 23 heavy (non-hydrogen) atoms. The standard InChI is InChI=1S/C17H12FN3O2/c1-23-13-8-4-5-10(15(13)18)16-17(22)21-12-7-3-2-6-11(12)19-9-14(21)20-16/h2-9,22H,1H3. The number of fused-ring (bicyclic) bond motifs is 3. The second kappa shape index (κ2) is 4.95. The smallest absolute Gasteiger partial charge is 0.224 e. The van der Waals surface area contributed by atoms with Gasteiger partial charge in [0.05, 0.1) is 24.3 Å². The van der Waals surface area contributed by atoms with Gasteiger partial charge in [0.15, 0.2) is 17.2 Å². The molecule has 0 atom stereocenters. The summed E-state index contributed by atoms with van der Waals surface area (Å²) in [6.07, 6.45) is 1.55. The molecule has 0 spiro atoms. The van der Waals surface area contributed by atoms with Crippen molar-refractivity contribution in [2.75, 3.05) is 7.11 Å². The van der Waals surface area contributed by atoms with E-state index in [1.54, 1.807) is 22.7 Å². The second-order valence-electron chi connectivity index (χ2n) is 5.05. The summed E-state index contributed by atoms with van der Waals surface area (Å²) in [5, 5.41) is 10.6. The lowest BCUT2D eigenvalue weighted by Gasteiger charge is -2.05. The van der Waals surface area contributed by atoms with E-state index in [4.69, 9.17) is 4.74 Å². The number of nitrogens with zero attached hydrogens (tertiary/aromatic N) is 3. The molecule has 2 aromatic heterocycles. The number of benzene rings is 2. The van der Waals surface area contributed by atoms with Gasteiger partial charge in [0.1, 0.15) is 5.69 Å². The summed E-state index contributed by atoms with van der Waals surface area (Å²) < 4.78 is 21.0. The van der Waals surface area contributed by atoms with Crippen LogP contribution in [0.3, 0.4) is 0 Å². The van der Waals surface area contributed by atoms with Crippen molar-refractivity contribution in [2.24, 2.45) is 0 Å². The number of aromatic nitrogens is 3. The summed E-state index contributed by atoms with van der Waals surface area (Å²) in [5.41, 5.74) is 2.18. The molecule has 0 radical (unpaired) electrons. The highest BCUT2D eigenvalue weighted by Gasteiger charge is 2.20. The van der Waals surface area contributed by atoms with Gasteiger partial charge in [0.25, 0.3) is 0 Å². The summed E-state index contributed by atoms with van der Waals surface area (Å²) in [4.78, 5) is 8.62. The lowest BCUT2D eigenvalue weighted by Crippen LogP contribution is -1.91. The van der Waals surface area contributed by atoms with Gasteiger partial charge in [-0.3, -0.25) is 9.38 Å². The maximum absolute atomic E-state index is 14.5. The van der Waals surface area contributed by atoms with E-state index >= 15 is 0 Å². The molecule has 4 aromatic rings. The first kappa shape index (κ1) is 13.5. The van der Waals surface area contributed by atoms with Crippen molar-refractivity contribution in [1.82, 2.24) is 14.4 Å². The Bertz CT molecular complexity index is 1040. The number of para-hydroxylation sites is 2. The minimum absolute atomic E-state index is 0.0990. The van der Waals surface area contributed by atoms with Crippen molar-refractivity contribution in [3.8, 4) is 22.9 Å². The van der Waals surface area contributed by atoms with Crippen LogP contribution in [0, 0.1) is 5.82 Å². The van der Waals surface area contributed by atoms with Crippen LogP contribution in [0.2, 0.25) is 0 Å². The molecule has 2 aromatic carbocycles. The molecule has 0 saturated carbocycles. The Morgan fingerprint density at radius 3 is 2.78 bits per heavy atom. The summed E-state index contributed by atoms with van der Waals surface area (Å²) >= 11 is 0. The summed E-state index contributed by atoms with van der Waals surface area (Å²) in [7, 11) is 1.39. The van der Waals surface area contributed by atoms with E-state index in [1.807, 2.05) is 24.3 Å². The Morgan fingerprint density at radius 1 is 1.13 bits per heavy atom. The van der Waals surface area contributed by atoms with Gasteiger partial charge in [-0.2, -0.15) is 0 Å². The quantitative estimate of drug-likeness (QED) is 0.616. The minimum atomic E-state index is -0.564. The molecule has 0 amide bonds. The van der Waals surface area contributed by atoms with Crippen LogP contribution in [-0.4, -0.2) is 26.6 Å². The van der Waals surface area contributed by atoms with E-state index in [0.29, 0.717) is 16.7 Å². The fourth-order valence-electron chi connectivity index (χ4n) is 2.67. The molecular formula is C17H12FN3O2. The largest absolute Gasteiger partial charge is 0.494 e. The number of hydrogen-bond donors (Lipinski definition) is 1. The first-order valence-electron chi connectivity index (χ1n) is 6.98. The molecular weight excluding hydrogens is 297 g/mol. The first-order valence-corrected chi connectivity index (χ1v) is 6.98. The van der Waals surface area contributed by atoms with Crippen LogP contribution in [-0.2, 0) is 0 Å². The van der Waals surface area contributed by atoms with Gasteiger partial charge in [0.2, 0.25) is 5.88 Å². The third-order valence-corrected chi connectivity index (χ3v) is 3.76. The van der Waals surface area contributed by atoms with Crippen LogP contribution in [0.4, 0.5) is 4.39 Å². The van der Waals surface area contributed by atoms with Crippen molar-refractivity contribution in [2.45, 2.75) is 0 Å². The van der Waals surface area contributed by atoms with Crippen LogP contribution < -0.4 is 4.74 Å². The molecule has 0 fully saturated rings. The molecule has 0 unspecified atom stereocenters. The molecule has 0 aliphatic rings. The predicted molar refractivity (Wildman–Crippen MR) is 84.1 cm³/mol. The number of ether oxygens (including phenoxy) is 1. The van der Waals surface area contributed by atoms with Crippen LogP contribution in [0.15, 0.2) is 48.7 Å². The molecule has 2 heterocycles. The highest BCUT2D eigenvalue weighted by Crippen LogP contribution is 2.35. The number of rotatable bonds is 2. The SMILES string of the molecule is COc1cccc(-c2nc3cnc4ccccc4n3c2O)c1F. The van der Waals surface area contributed by atoms with Crippen molar-refractivity contribution >= 4 is 16.7 Å². The van der Waals surface area contributed by atoms with Crippen LogP contribution >= 0.6 is 0 Å². The van der Waals surface area contributed by atoms with E-state index in [1.165, 1.54) is 13.2 Å². The molecule has 0 aliphatic heterocycles. The Kier molecular flexibility index (Phi) is 2.90. The maximum Gasteiger partial charge on any atom is 0.224 e. The van der Waals surface area contributed by atoms with Crippen molar-refractivity contribution < 1.29 is 14.2 Å². The summed E-state index contributed by atoms with van der Waals surface area (Å²) in [6.45, 7) is 0. The van der Waals surface area contributed by atoms with E-state index in [-0.39, 0.29) is 22.9 Å². The molecule has 4 rings (SSSR count). The van der Waals surface area contributed by atoms with Gasteiger partial charge >= 0.3 is 0 Å².